The van der Waals surface area contributed by atoms with E-state index in [4.69, 9.17) is 4.74 Å². The summed E-state index contributed by atoms with van der Waals surface area (Å²) in [5.74, 6) is 0.927. The van der Waals surface area contributed by atoms with Crippen LogP contribution in [0.5, 0.6) is 0 Å². The Morgan fingerprint density at radius 1 is 1.26 bits per heavy atom. The minimum Gasteiger partial charge on any atom is -0.444 e. The van der Waals surface area contributed by atoms with Gasteiger partial charge in [-0.3, -0.25) is 0 Å². The maximum absolute atomic E-state index is 12.5. The number of amides is 1. The zero-order valence-corrected chi connectivity index (χ0v) is 14.3. The van der Waals surface area contributed by atoms with Gasteiger partial charge < -0.3 is 15.0 Å². The van der Waals surface area contributed by atoms with Crippen molar-refractivity contribution < 1.29 is 9.53 Å². The van der Waals surface area contributed by atoms with E-state index >= 15 is 0 Å². The quantitative estimate of drug-likeness (QED) is 0.911. The lowest BCUT2D eigenvalue weighted by atomic mass is 9.97. The van der Waals surface area contributed by atoms with Crippen LogP contribution in [0.4, 0.5) is 10.6 Å². The zero-order valence-electron chi connectivity index (χ0n) is 14.3. The Kier molecular flexibility index (Phi) is 4.46. The topological polar surface area (TPSA) is 54.5 Å². The molecule has 0 bridgehead atoms. The molecule has 1 atom stereocenters. The number of hydrogen-bond donors (Lipinski definition) is 1. The molecule has 0 radical (unpaired) electrons. The lowest BCUT2D eigenvalue weighted by molar-refractivity contribution is 0.00948. The summed E-state index contributed by atoms with van der Waals surface area (Å²) in [5, 5.41) is 3.39. The number of piperidine rings is 1. The van der Waals surface area contributed by atoms with Crippen LogP contribution in [0.2, 0.25) is 0 Å². The van der Waals surface area contributed by atoms with Crippen LogP contribution in [0.25, 0.3) is 0 Å². The smallest absolute Gasteiger partial charge is 0.410 e. The average molecular weight is 317 g/mol. The van der Waals surface area contributed by atoms with Crippen molar-refractivity contribution in [3.8, 4) is 0 Å². The highest BCUT2D eigenvalue weighted by atomic mass is 16.6. The largest absolute Gasteiger partial charge is 0.444 e. The summed E-state index contributed by atoms with van der Waals surface area (Å²) in [4.78, 5) is 18.9. The molecule has 126 valence electrons. The van der Waals surface area contributed by atoms with Gasteiger partial charge >= 0.3 is 6.09 Å². The minimum atomic E-state index is -0.463. The minimum absolute atomic E-state index is 0.0704. The first-order valence-electron chi connectivity index (χ1n) is 8.64. The molecular formula is C18H27N3O2. The fourth-order valence-corrected chi connectivity index (χ4v) is 2.94. The molecule has 1 aromatic heterocycles. The number of nitrogens with one attached hydrogen (secondary N) is 1. The molecule has 1 N–H and O–H groups in total. The molecule has 0 aromatic carbocycles. The number of ether oxygens (including phenoxy) is 1. The first-order chi connectivity index (χ1) is 10.9. The molecule has 2 aliphatic rings. The molecule has 1 aliphatic carbocycles. The monoisotopic (exact) mass is 317 g/mol. The number of nitrogens with zero attached hydrogens (tertiary/aromatic N) is 2. The summed E-state index contributed by atoms with van der Waals surface area (Å²) in [6, 6.07) is 4.78. The Labute approximate surface area is 138 Å². The van der Waals surface area contributed by atoms with Gasteiger partial charge in [-0.15, -0.1) is 0 Å². The lowest BCUT2D eigenvalue weighted by Gasteiger charge is -2.36. The maximum atomic E-state index is 12.5. The number of rotatable bonds is 3. The van der Waals surface area contributed by atoms with Crippen molar-refractivity contribution in [1.82, 2.24) is 9.88 Å². The number of anilines is 1. The first kappa shape index (κ1) is 16.1. The van der Waals surface area contributed by atoms with Gasteiger partial charge in [-0.05, 0) is 64.5 Å². The summed E-state index contributed by atoms with van der Waals surface area (Å²) in [7, 11) is 0. The van der Waals surface area contributed by atoms with Crippen molar-refractivity contribution in [1.29, 1.82) is 0 Å². The number of carbonyl (C=O) groups is 1. The maximum Gasteiger partial charge on any atom is 0.410 e. The number of hydrogen-bond acceptors (Lipinski definition) is 4. The van der Waals surface area contributed by atoms with E-state index in [2.05, 4.69) is 16.4 Å². The van der Waals surface area contributed by atoms with Crippen LogP contribution in [0.1, 0.15) is 64.5 Å². The van der Waals surface area contributed by atoms with E-state index in [1.54, 1.807) is 0 Å². The van der Waals surface area contributed by atoms with E-state index in [0.717, 1.165) is 37.2 Å². The van der Waals surface area contributed by atoms with Crippen LogP contribution in [0.15, 0.2) is 18.3 Å². The molecule has 23 heavy (non-hydrogen) atoms. The van der Waals surface area contributed by atoms with Crippen LogP contribution < -0.4 is 5.32 Å². The van der Waals surface area contributed by atoms with Crippen molar-refractivity contribution in [3.05, 3.63) is 23.9 Å². The summed E-state index contributed by atoms with van der Waals surface area (Å²) >= 11 is 0. The van der Waals surface area contributed by atoms with E-state index in [1.807, 2.05) is 37.9 Å². The third-order valence-electron chi connectivity index (χ3n) is 4.23. The number of likely N-dealkylation sites (tertiary alicyclic amines) is 1. The first-order valence-corrected chi connectivity index (χ1v) is 8.64. The predicted molar refractivity (Wildman–Crippen MR) is 90.4 cm³/mol. The van der Waals surface area contributed by atoms with Gasteiger partial charge in [0, 0.05) is 18.8 Å². The fourth-order valence-electron chi connectivity index (χ4n) is 2.94. The molecule has 5 nitrogen and oxygen atoms in total. The summed E-state index contributed by atoms with van der Waals surface area (Å²) in [5.41, 5.74) is 0.631. The van der Waals surface area contributed by atoms with Gasteiger partial charge in [0.2, 0.25) is 0 Å². The molecule has 3 rings (SSSR count). The second-order valence-electron chi connectivity index (χ2n) is 7.58. The standard InChI is InChI=1S/C18H27N3O2/c1-18(2,3)23-17(22)21-11-5-4-6-15(21)13-7-10-16(19-12-13)20-14-8-9-14/h7,10,12,14-15H,4-6,8-9,11H2,1-3H3,(H,19,20). The molecule has 1 saturated carbocycles. The molecule has 1 aliphatic heterocycles. The van der Waals surface area contributed by atoms with Gasteiger partial charge in [0.25, 0.3) is 0 Å². The van der Waals surface area contributed by atoms with Gasteiger partial charge in [0.15, 0.2) is 0 Å². The van der Waals surface area contributed by atoms with E-state index < -0.39 is 5.60 Å². The van der Waals surface area contributed by atoms with Crippen molar-refractivity contribution in [2.75, 3.05) is 11.9 Å². The van der Waals surface area contributed by atoms with E-state index in [1.165, 1.54) is 12.8 Å². The Bertz CT molecular complexity index is 546. The van der Waals surface area contributed by atoms with Gasteiger partial charge in [0.1, 0.15) is 11.4 Å². The van der Waals surface area contributed by atoms with Crippen molar-refractivity contribution >= 4 is 11.9 Å². The second kappa shape index (κ2) is 6.38. The van der Waals surface area contributed by atoms with Crippen LogP contribution in [0.3, 0.4) is 0 Å². The summed E-state index contributed by atoms with van der Waals surface area (Å²) in [6.45, 7) is 6.47. The number of aromatic nitrogens is 1. The summed E-state index contributed by atoms with van der Waals surface area (Å²) in [6.07, 6.45) is 7.28. The predicted octanol–water partition coefficient (Wildman–Crippen LogP) is 4.12. The average Bonchev–Trinajstić information content (AvgIpc) is 3.30. The van der Waals surface area contributed by atoms with Gasteiger partial charge in [-0.25, -0.2) is 9.78 Å². The lowest BCUT2D eigenvalue weighted by Crippen LogP contribution is -2.41. The van der Waals surface area contributed by atoms with Crippen molar-refractivity contribution in [3.63, 3.8) is 0 Å². The molecule has 1 unspecified atom stereocenters. The summed E-state index contributed by atoms with van der Waals surface area (Å²) < 4.78 is 5.57. The van der Waals surface area contributed by atoms with E-state index in [9.17, 15) is 4.79 Å². The molecule has 5 heteroatoms. The molecule has 2 fully saturated rings. The molecule has 0 spiro atoms. The van der Waals surface area contributed by atoms with Crippen molar-refractivity contribution in [2.24, 2.45) is 0 Å². The third-order valence-corrected chi connectivity index (χ3v) is 4.23. The van der Waals surface area contributed by atoms with Gasteiger partial charge in [0.05, 0.1) is 6.04 Å². The van der Waals surface area contributed by atoms with Crippen LogP contribution in [0, 0.1) is 0 Å². The molecule has 1 aromatic rings. The normalized spacial score (nSPS) is 21.9. The number of carbonyl (C=O) groups excluding carboxylic acids is 1. The molecule has 2 heterocycles. The number of pyridine rings is 1. The Balaban J connectivity index is 1.71. The van der Waals surface area contributed by atoms with Gasteiger partial charge in [-0.1, -0.05) is 6.07 Å². The highest BCUT2D eigenvalue weighted by Gasteiger charge is 2.31. The van der Waals surface area contributed by atoms with E-state index in [0.29, 0.717) is 6.04 Å². The Morgan fingerprint density at radius 3 is 2.65 bits per heavy atom. The SMILES string of the molecule is CC(C)(C)OC(=O)N1CCCCC1c1ccc(NC2CC2)nc1. The van der Waals surface area contributed by atoms with Crippen LogP contribution in [-0.4, -0.2) is 34.2 Å². The zero-order chi connectivity index (χ0) is 16.4. The van der Waals surface area contributed by atoms with Crippen LogP contribution >= 0.6 is 0 Å². The van der Waals surface area contributed by atoms with Crippen molar-refractivity contribution in [2.45, 2.75) is 70.6 Å². The van der Waals surface area contributed by atoms with E-state index in [-0.39, 0.29) is 12.1 Å². The molecule has 1 saturated heterocycles. The molecule has 1 amide bonds. The highest BCUT2D eigenvalue weighted by molar-refractivity contribution is 5.69. The fraction of sp³-hybridized carbons (Fsp3) is 0.667. The molecular weight excluding hydrogens is 290 g/mol. The third kappa shape index (κ3) is 4.36. The van der Waals surface area contributed by atoms with Gasteiger partial charge in [-0.2, -0.15) is 0 Å². The Morgan fingerprint density at radius 2 is 2.04 bits per heavy atom. The highest BCUT2D eigenvalue weighted by Crippen LogP contribution is 2.32. The van der Waals surface area contributed by atoms with Crippen LogP contribution in [-0.2, 0) is 4.74 Å². The second-order valence-corrected chi connectivity index (χ2v) is 7.58. The Hall–Kier alpha value is -1.78.